The SMILES string of the molecule is CCc1ccc(-n2c(O)c(C3=c4cc(Br)ccc4=NC3=O)sc2=S)cc1. The van der Waals surface area contributed by atoms with Crippen molar-refractivity contribution in [3.05, 3.63) is 71.9 Å². The number of aromatic nitrogens is 1. The number of carbonyl (C=O) groups is 1. The quantitative estimate of drug-likeness (QED) is 0.627. The molecule has 4 nitrogen and oxygen atoms in total. The Morgan fingerprint density at radius 1 is 1.23 bits per heavy atom. The summed E-state index contributed by atoms with van der Waals surface area (Å²) in [6, 6.07) is 13.3. The van der Waals surface area contributed by atoms with Crippen LogP contribution in [0.4, 0.5) is 0 Å². The molecule has 0 spiro atoms. The lowest BCUT2D eigenvalue weighted by Crippen LogP contribution is -2.22. The number of carbonyl (C=O) groups excluding carboxylic acids is 1. The number of hydrogen-bond acceptors (Lipinski definition) is 4. The molecule has 0 aliphatic carbocycles. The first kappa shape index (κ1) is 17.3. The first-order chi connectivity index (χ1) is 12.5. The molecule has 2 aromatic carbocycles. The zero-order valence-corrected chi connectivity index (χ0v) is 16.9. The molecule has 1 aliphatic rings. The van der Waals surface area contributed by atoms with Crippen LogP contribution in [0.5, 0.6) is 5.88 Å². The van der Waals surface area contributed by atoms with E-state index in [1.807, 2.05) is 36.4 Å². The fourth-order valence-corrected chi connectivity index (χ4v) is 4.69. The lowest BCUT2D eigenvalue weighted by atomic mass is 10.1. The molecule has 1 N–H and O–H groups in total. The monoisotopic (exact) mass is 444 g/mol. The number of rotatable bonds is 3. The van der Waals surface area contributed by atoms with E-state index in [4.69, 9.17) is 12.2 Å². The number of thiazole rings is 1. The van der Waals surface area contributed by atoms with Gasteiger partial charge in [0.15, 0.2) is 3.95 Å². The Morgan fingerprint density at radius 2 is 1.96 bits per heavy atom. The molecule has 3 aromatic rings. The van der Waals surface area contributed by atoms with Gasteiger partial charge >= 0.3 is 0 Å². The fourth-order valence-electron chi connectivity index (χ4n) is 2.94. The zero-order chi connectivity index (χ0) is 18.4. The standard InChI is InChI=1S/C19H13BrN2O2S2/c1-2-10-3-6-12(7-4-10)22-18(24)16(26-19(22)25)15-13-9-11(20)5-8-14(13)21-17(15)23/h3-9,24H,2H2,1H3. The lowest BCUT2D eigenvalue weighted by Gasteiger charge is -2.06. The highest BCUT2D eigenvalue weighted by Crippen LogP contribution is 2.35. The van der Waals surface area contributed by atoms with Gasteiger partial charge in [-0.1, -0.05) is 35.0 Å². The van der Waals surface area contributed by atoms with Crippen LogP contribution in [0, 0.1) is 3.95 Å². The Bertz CT molecular complexity index is 1220. The summed E-state index contributed by atoms with van der Waals surface area (Å²) in [5.74, 6) is -0.395. The van der Waals surface area contributed by atoms with Gasteiger partial charge in [-0.25, -0.2) is 4.99 Å². The van der Waals surface area contributed by atoms with E-state index in [9.17, 15) is 9.90 Å². The van der Waals surface area contributed by atoms with Crippen molar-refractivity contribution in [1.82, 2.24) is 4.57 Å². The number of amides is 1. The molecule has 130 valence electrons. The maximum Gasteiger partial charge on any atom is 0.279 e. The van der Waals surface area contributed by atoms with Gasteiger partial charge in [0.05, 0.1) is 16.6 Å². The number of benzene rings is 2. The summed E-state index contributed by atoms with van der Waals surface area (Å²) in [5, 5.41) is 12.1. The Balaban J connectivity index is 1.95. The van der Waals surface area contributed by atoms with E-state index in [1.165, 1.54) is 16.9 Å². The van der Waals surface area contributed by atoms with Crippen LogP contribution in [-0.4, -0.2) is 15.6 Å². The number of hydrogen-bond donors (Lipinski definition) is 1. The summed E-state index contributed by atoms with van der Waals surface area (Å²) in [6.45, 7) is 2.09. The second-order valence-corrected chi connectivity index (χ2v) is 8.39. The van der Waals surface area contributed by atoms with Crippen LogP contribution in [0.3, 0.4) is 0 Å². The molecular formula is C19H13BrN2O2S2. The Hall–Kier alpha value is -2.09. The van der Waals surface area contributed by atoms with Crippen molar-refractivity contribution in [2.24, 2.45) is 4.99 Å². The number of aromatic hydroxyl groups is 1. The molecule has 1 amide bonds. The summed E-state index contributed by atoms with van der Waals surface area (Å²) in [7, 11) is 0. The van der Waals surface area contributed by atoms with Crippen molar-refractivity contribution >= 4 is 51.0 Å². The van der Waals surface area contributed by atoms with Gasteiger partial charge in [0, 0.05) is 9.69 Å². The number of halogens is 1. The van der Waals surface area contributed by atoms with E-state index >= 15 is 0 Å². The third-order valence-electron chi connectivity index (χ3n) is 4.28. The van der Waals surface area contributed by atoms with Gasteiger partial charge in [0.25, 0.3) is 5.91 Å². The second kappa shape index (κ2) is 6.57. The van der Waals surface area contributed by atoms with Crippen molar-refractivity contribution in [1.29, 1.82) is 0 Å². The summed E-state index contributed by atoms with van der Waals surface area (Å²) >= 11 is 10.1. The van der Waals surface area contributed by atoms with E-state index in [-0.39, 0.29) is 11.8 Å². The highest BCUT2D eigenvalue weighted by atomic mass is 79.9. The molecule has 4 rings (SSSR count). The van der Waals surface area contributed by atoms with Gasteiger partial charge in [-0.3, -0.25) is 9.36 Å². The molecule has 0 fully saturated rings. The fraction of sp³-hybridized carbons (Fsp3) is 0.105. The van der Waals surface area contributed by atoms with Crippen molar-refractivity contribution in [3.8, 4) is 11.6 Å². The molecule has 0 radical (unpaired) electrons. The van der Waals surface area contributed by atoms with Crippen LogP contribution in [-0.2, 0) is 11.2 Å². The lowest BCUT2D eigenvalue weighted by molar-refractivity contribution is -0.112. The smallest absolute Gasteiger partial charge is 0.279 e. The molecule has 0 bridgehead atoms. The Labute approximate surface area is 166 Å². The molecule has 1 aliphatic heterocycles. The van der Waals surface area contributed by atoms with Gasteiger partial charge in [-0.05, 0) is 54.5 Å². The van der Waals surface area contributed by atoms with Crippen LogP contribution >= 0.6 is 39.5 Å². The van der Waals surface area contributed by atoms with E-state index in [1.54, 1.807) is 10.6 Å². The van der Waals surface area contributed by atoms with Crippen LogP contribution in [0.1, 0.15) is 17.4 Å². The molecule has 1 aromatic heterocycles. The minimum Gasteiger partial charge on any atom is -0.493 e. The van der Waals surface area contributed by atoms with Crippen LogP contribution < -0.4 is 10.6 Å². The predicted molar refractivity (Wildman–Crippen MR) is 108 cm³/mol. The number of fused-ring (bicyclic) bond motifs is 1. The Kier molecular flexibility index (Phi) is 4.38. The molecule has 2 heterocycles. The molecule has 26 heavy (non-hydrogen) atoms. The van der Waals surface area contributed by atoms with E-state index < -0.39 is 0 Å². The van der Waals surface area contributed by atoms with Gasteiger partial charge in [0.1, 0.15) is 4.88 Å². The highest BCUT2D eigenvalue weighted by Gasteiger charge is 2.25. The van der Waals surface area contributed by atoms with E-state index in [0.717, 1.165) is 16.6 Å². The van der Waals surface area contributed by atoms with Crippen molar-refractivity contribution in [2.75, 3.05) is 0 Å². The van der Waals surface area contributed by atoms with Crippen molar-refractivity contribution < 1.29 is 9.90 Å². The topological polar surface area (TPSA) is 54.6 Å². The highest BCUT2D eigenvalue weighted by molar-refractivity contribution is 9.10. The van der Waals surface area contributed by atoms with E-state index in [2.05, 4.69) is 27.8 Å². The van der Waals surface area contributed by atoms with Crippen LogP contribution in [0.25, 0.3) is 11.3 Å². The summed E-state index contributed by atoms with van der Waals surface area (Å²) in [5.41, 5.74) is 2.36. The van der Waals surface area contributed by atoms with Gasteiger partial charge in [-0.2, -0.15) is 0 Å². The van der Waals surface area contributed by atoms with Crippen molar-refractivity contribution in [3.63, 3.8) is 0 Å². The molecular weight excluding hydrogens is 432 g/mol. The van der Waals surface area contributed by atoms with Gasteiger partial charge < -0.3 is 5.11 Å². The van der Waals surface area contributed by atoms with Crippen molar-refractivity contribution in [2.45, 2.75) is 13.3 Å². The van der Waals surface area contributed by atoms with Gasteiger partial charge in [-0.15, -0.1) is 11.3 Å². The van der Waals surface area contributed by atoms with Gasteiger partial charge in [0.2, 0.25) is 5.88 Å². The third kappa shape index (κ3) is 2.76. The summed E-state index contributed by atoms with van der Waals surface area (Å²) in [4.78, 5) is 17.0. The summed E-state index contributed by atoms with van der Waals surface area (Å²) in [6.07, 6.45) is 0.937. The average Bonchev–Trinajstić information content (AvgIpc) is 3.10. The predicted octanol–water partition coefficient (Wildman–Crippen LogP) is 3.66. The number of nitrogens with zero attached hydrogens (tertiary/aromatic N) is 2. The first-order valence-electron chi connectivity index (χ1n) is 7.97. The molecule has 0 saturated carbocycles. The average molecular weight is 445 g/mol. The summed E-state index contributed by atoms with van der Waals surface area (Å²) < 4.78 is 2.91. The molecule has 0 atom stereocenters. The minimum absolute atomic E-state index is 0.0318. The zero-order valence-electron chi connectivity index (χ0n) is 13.7. The first-order valence-corrected chi connectivity index (χ1v) is 9.98. The molecule has 0 saturated heterocycles. The maximum atomic E-state index is 12.5. The van der Waals surface area contributed by atoms with Crippen LogP contribution in [0.2, 0.25) is 0 Å². The molecule has 0 unspecified atom stereocenters. The number of aryl methyl sites for hydroxylation is 1. The third-order valence-corrected chi connectivity index (χ3v) is 6.15. The molecule has 7 heteroatoms. The Morgan fingerprint density at radius 3 is 2.65 bits per heavy atom. The van der Waals surface area contributed by atoms with Crippen LogP contribution in [0.15, 0.2) is 51.9 Å². The minimum atomic E-state index is -0.363. The second-order valence-electron chi connectivity index (χ2n) is 5.83. The maximum absolute atomic E-state index is 12.5. The normalized spacial score (nSPS) is 13.0. The largest absolute Gasteiger partial charge is 0.493 e. The van der Waals surface area contributed by atoms with E-state index in [0.29, 0.717) is 25.0 Å².